The smallest absolute Gasteiger partial charge is 0.0546 e. The number of fused-ring (bicyclic) bond motifs is 1. The van der Waals surface area contributed by atoms with Crippen molar-refractivity contribution in [3.8, 4) is 0 Å². The first-order chi connectivity index (χ1) is 14.5. The third kappa shape index (κ3) is 4.99. The van der Waals surface area contributed by atoms with E-state index in [1.165, 1.54) is 56.1 Å². The standard InChI is InChI=1S/C25H31BrClN3/c1-17(16-28)12-21-15-25(23-3-2-22(27)13-20(23)14-24(21)26)30-10-6-19(7-11-30)18-4-8-29-9-5-18/h2-3,12-16,18-19,25,28-29H,4-11H2,1H3/b17-12-,28-16?. The quantitative estimate of drug-likeness (QED) is 0.484. The van der Waals surface area contributed by atoms with E-state index in [0.717, 1.165) is 45.6 Å². The zero-order valence-corrected chi connectivity index (χ0v) is 20.0. The molecular formula is C25H31BrClN3. The zero-order valence-electron chi connectivity index (χ0n) is 17.6. The van der Waals surface area contributed by atoms with Crippen molar-refractivity contribution in [3.05, 3.63) is 62.1 Å². The first-order valence-corrected chi connectivity index (χ1v) is 12.2. The lowest BCUT2D eigenvalue weighted by atomic mass is 9.78. The molecule has 0 bridgehead atoms. The lowest BCUT2D eigenvalue weighted by molar-refractivity contribution is 0.112. The summed E-state index contributed by atoms with van der Waals surface area (Å²) < 4.78 is 1.04. The minimum Gasteiger partial charge on any atom is -0.317 e. The van der Waals surface area contributed by atoms with Crippen LogP contribution in [0.1, 0.15) is 49.8 Å². The summed E-state index contributed by atoms with van der Waals surface area (Å²) in [6, 6.07) is 6.48. The number of allylic oxidation sites excluding steroid dienone is 4. The summed E-state index contributed by atoms with van der Waals surface area (Å²) in [7, 11) is 0. The molecule has 0 aromatic heterocycles. The lowest BCUT2D eigenvalue weighted by Crippen LogP contribution is -2.40. The molecule has 0 saturated carbocycles. The average molecular weight is 489 g/mol. The first-order valence-electron chi connectivity index (χ1n) is 11.1. The summed E-state index contributed by atoms with van der Waals surface area (Å²) in [6.45, 7) is 6.62. The van der Waals surface area contributed by atoms with Gasteiger partial charge >= 0.3 is 0 Å². The van der Waals surface area contributed by atoms with Gasteiger partial charge in [0.15, 0.2) is 0 Å². The van der Waals surface area contributed by atoms with Crippen LogP contribution in [0.3, 0.4) is 0 Å². The van der Waals surface area contributed by atoms with Crippen LogP contribution in [-0.4, -0.2) is 37.3 Å². The van der Waals surface area contributed by atoms with Crippen LogP contribution in [0.2, 0.25) is 5.02 Å². The SMILES string of the molecule is C/C(C=N)=C/C1=CC(N2CCC(C3CCNCC3)CC2)c2ccc(Cl)cc2C=C1Br. The zero-order chi connectivity index (χ0) is 21.1. The van der Waals surface area contributed by atoms with Crippen LogP contribution in [-0.2, 0) is 0 Å². The molecule has 3 nitrogen and oxygen atoms in total. The summed E-state index contributed by atoms with van der Waals surface area (Å²) in [4.78, 5) is 2.64. The van der Waals surface area contributed by atoms with E-state index >= 15 is 0 Å². The Kier molecular flexibility index (Phi) is 7.30. The Morgan fingerprint density at radius 1 is 1.17 bits per heavy atom. The molecule has 5 heteroatoms. The topological polar surface area (TPSA) is 39.1 Å². The predicted molar refractivity (Wildman–Crippen MR) is 132 cm³/mol. The number of benzene rings is 1. The minimum absolute atomic E-state index is 0.224. The maximum Gasteiger partial charge on any atom is 0.0546 e. The molecule has 1 unspecified atom stereocenters. The second-order valence-corrected chi connectivity index (χ2v) is 10.1. The molecule has 30 heavy (non-hydrogen) atoms. The van der Waals surface area contributed by atoms with E-state index in [2.05, 4.69) is 56.5 Å². The van der Waals surface area contributed by atoms with Crippen molar-refractivity contribution in [2.75, 3.05) is 26.2 Å². The predicted octanol–water partition coefficient (Wildman–Crippen LogP) is 6.36. The number of nitrogens with zero attached hydrogens (tertiary/aromatic N) is 1. The van der Waals surface area contributed by atoms with Gasteiger partial charge in [0.1, 0.15) is 0 Å². The van der Waals surface area contributed by atoms with Crippen LogP contribution in [0.25, 0.3) is 6.08 Å². The van der Waals surface area contributed by atoms with Crippen molar-refractivity contribution < 1.29 is 0 Å². The van der Waals surface area contributed by atoms with Gasteiger partial charge in [-0.15, -0.1) is 0 Å². The molecule has 0 radical (unpaired) electrons. The molecule has 1 aromatic rings. The molecule has 2 fully saturated rings. The van der Waals surface area contributed by atoms with Gasteiger partial charge < -0.3 is 10.7 Å². The highest BCUT2D eigenvalue weighted by Crippen LogP contribution is 2.40. The fourth-order valence-electron chi connectivity index (χ4n) is 5.19. The van der Waals surface area contributed by atoms with Crippen molar-refractivity contribution in [1.82, 2.24) is 10.2 Å². The normalized spacial score (nSPS) is 24.6. The van der Waals surface area contributed by atoms with Gasteiger partial charge in [0.2, 0.25) is 0 Å². The van der Waals surface area contributed by atoms with E-state index in [9.17, 15) is 0 Å². The number of hydrogen-bond acceptors (Lipinski definition) is 3. The minimum atomic E-state index is 0.224. The highest BCUT2D eigenvalue weighted by Gasteiger charge is 2.31. The van der Waals surface area contributed by atoms with Crippen LogP contribution >= 0.6 is 27.5 Å². The Labute approximate surface area is 193 Å². The molecule has 1 aliphatic carbocycles. The van der Waals surface area contributed by atoms with Gasteiger partial charge in [-0.1, -0.05) is 39.7 Å². The Bertz CT molecular complexity index is 874. The Morgan fingerprint density at radius 3 is 2.57 bits per heavy atom. The fourth-order valence-corrected chi connectivity index (χ4v) is 5.86. The highest BCUT2D eigenvalue weighted by atomic mass is 79.9. The molecule has 1 atom stereocenters. The van der Waals surface area contributed by atoms with Crippen molar-refractivity contribution >= 4 is 39.8 Å². The Hall–Kier alpha value is -1.20. The number of piperidine rings is 2. The Morgan fingerprint density at radius 2 is 1.87 bits per heavy atom. The molecule has 3 aliphatic rings. The number of nitrogens with one attached hydrogen (secondary N) is 2. The Balaban J connectivity index is 1.61. The molecule has 1 aromatic carbocycles. The third-order valence-electron chi connectivity index (χ3n) is 6.89. The van der Waals surface area contributed by atoms with Crippen LogP contribution in [0, 0.1) is 17.2 Å². The first kappa shape index (κ1) is 22.0. The summed E-state index contributed by atoms with van der Waals surface area (Å²) in [5, 5.41) is 11.9. The van der Waals surface area contributed by atoms with E-state index in [4.69, 9.17) is 17.0 Å². The monoisotopic (exact) mass is 487 g/mol. The van der Waals surface area contributed by atoms with Gasteiger partial charge in [-0.25, -0.2) is 0 Å². The number of halogens is 2. The van der Waals surface area contributed by atoms with Crippen molar-refractivity contribution in [1.29, 1.82) is 5.41 Å². The molecule has 160 valence electrons. The molecule has 2 aliphatic heterocycles. The summed E-state index contributed by atoms with van der Waals surface area (Å²) >= 11 is 10.1. The molecule has 0 spiro atoms. The average Bonchev–Trinajstić information content (AvgIpc) is 2.90. The van der Waals surface area contributed by atoms with Crippen LogP contribution in [0.15, 0.2) is 46.0 Å². The van der Waals surface area contributed by atoms with Gasteiger partial charge in [0, 0.05) is 15.7 Å². The largest absolute Gasteiger partial charge is 0.317 e. The van der Waals surface area contributed by atoms with Crippen molar-refractivity contribution in [3.63, 3.8) is 0 Å². The molecule has 2 heterocycles. The van der Waals surface area contributed by atoms with Gasteiger partial charge in [0.25, 0.3) is 0 Å². The molecule has 0 amide bonds. The van der Waals surface area contributed by atoms with Crippen LogP contribution in [0.4, 0.5) is 0 Å². The van der Waals surface area contributed by atoms with Gasteiger partial charge in [-0.3, -0.25) is 4.90 Å². The molecule has 2 N–H and O–H groups in total. The number of rotatable bonds is 4. The maximum absolute atomic E-state index is 7.58. The van der Waals surface area contributed by atoms with E-state index in [0.29, 0.717) is 0 Å². The van der Waals surface area contributed by atoms with Gasteiger partial charge in [-0.05, 0) is 117 Å². The second kappa shape index (κ2) is 9.95. The number of likely N-dealkylation sites (tertiary alicyclic amines) is 1. The van der Waals surface area contributed by atoms with E-state index < -0.39 is 0 Å². The van der Waals surface area contributed by atoms with Gasteiger partial charge in [0.05, 0.1) is 6.04 Å². The summed E-state index contributed by atoms with van der Waals surface area (Å²) in [5.41, 5.74) is 4.56. The summed E-state index contributed by atoms with van der Waals surface area (Å²) in [6.07, 6.45) is 13.3. The van der Waals surface area contributed by atoms with E-state index in [1.54, 1.807) is 0 Å². The fraction of sp³-hybridized carbons (Fsp3) is 0.480. The third-order valence-corrected chi connectivity index (χ3v) is 7.81. The van der Waals surface area contributed by atoms with Crippen molar-refractivity contribution in [2.45, 2.75) is 38.6 Å². The molecular weight excluding hydrogens is 458 g/mol. The van der Waals surface area contributed by atoms with Crippen LogP contribution in [0.5, 0.6) is 0 Å². The summed E-state index contributed by atoms with van der Waals surface area (Å²) in [5.74, 6) is 1.76. The lowest BCUT2D eigenvalue weighted by Gasteiger charge is -2.40. The van der Waals surface area contributed by atoms with Crippen LogP contribution < -0.4 is 5.32 Å². The van der Waals surface area contributed by atoms with Gasteiger partial charge in [-0.2, -0.15) is 0 Å². The highest BCUT2D eigenvalue weighted by molar-refractivity contribution is 9.12. The second-order valence-electron chi connectivity index (χ2n) is 8.83. The van der Waals surface area contributed by atoms with Crippen molar-refractivity contribution in [2.24, 2.45) is 11.8 Å². The van der Waals surface area contributed by atoms with E-state index in [-0.39, 0.29) is 6.04 Å². The van der Waals surface area contributed by atoms with E-state index in [1.807, 2.05) is 13.0 Å². The molecule has 2 saturated heterocycles. The molecule has 4 rings (SSSR count). The number of hydrogen-bond donors (Lipinski definition) is 2. The maximum atomic E-state index is 7.58.